The maximum absolute atomic E-state index is 13.9. The second-order valence-electron chi connectivity index (χ2n) is 14.2. The van der Waals surface area contributed by atoms with Crippen molar-refractivity contribution in [2.45, 2.75) is 107 Å². The fourth-order valence-electron chi connectivity index (χ4n) is 8.00. The second-order valence-corrected chi connectivity index (χ2v) is 14.2. The number of hydrogen-bond acceptors (Lipinski definition) is 5. The number of aromatic nitrogens is 4. The van der Waals surface area contributed by atoms with E-state index < -0.39 is 5.92 Å². The summed E-state index contributed by atoms with van der Waals surface area (Å²) in [4.78, 5) is 20.4. The third-order valence-electron chi connectivity index (χ3n) is 11.1. The predicted molar refractivity (Wildman–Crippen MR) is 153 cm³/mol. The Balaban J connectivity index is 1.04. The number of alkyl halides is 2. The number of aryl methyl sites for hydroxylation is 1. The minimum absolute atomic E-state index is 0.0225. The normalized spacial score (nSPS) is 28.5. The quantitative estimate of drug-likeness (QED) is 0.268. The molecule has 0 radical (unpaired) electrons. The molecular weight excluding hydrogens is 536 g/mol. The van der Waals surface area contributed by atoms with E-state index in [1.165, 1.54) is 24.2 Å². The molecule has 6 fully saturated rings. The first-order chi connectivity index (χ1) is 20.2. The average Bonchev–Trinajstić information content (AvgIpc) is 3.92. The molecule has 2 heterocycles. The summed E-state index contributed by atoms with van der Waals surface area (Å²) in [6.07, 6.45) is 10.9. The Morgan fingerprint density at radius 2 is 1.74 bits per heavy atom. The lowest BCUT2D eigenvalue weighted by Crippen LogP contribution is -2.51. The SMILES string of the molecule is Cn1nc(C23CCC(CN(C(=O)CC4CC(F)(F)C4)c4cccc(-c5nc(C6CC6)no5)c4)(CC2)CC3)cc1C1CC1. The molecule has 3 aromatic rings. The van der Waals surface area contributed by atoms with Gasteiger partial charge in [0.2, 0.25) is 11.8 Å². The lowest BCUT2D eigenvalue weighted by Gasteiger charge is -2.54. The highest BCUT2D eigenvalue weighted by molar-refractivity contribution is 5.94. The number of carbonyl (C=O) groups is 1. The first kappa shape index (κ1) is 26.5. The summed E-state index contributed by atoms with van der Waals surface area (Å²) < 4.78 is 35.0. The van der Waals surface area contributed by atoms with E-state index in [0.29, 0.717) is 24.3 Å². The fourth-order valence-corrected chi connectivity index (χ4v) is 8.00. The van der Waals surface area contributed by atoms with Gasteiger partial charge in [-0.1, -0.05) is 11.2 Å². The maximum Gasteiger partial charge on any atom is 0.258 e. The van der Waals surface area contributed by atoms with Crippen molar-refractivity contribution in [3.8, 4) is 11.5 Å². The molecule has 0 saturated heterocycles. The van der Waals surface area contributed by atoms with E-state index in [0.717, 1.165) is 68.4 Å². The first-order valence-corrected chi connectivity index (χ1v) is 15.9. The number of fused-ring (bicyclic) bond motifs is 3. The van der Waals surface area contributed by atoms with Crippen molar-refractivity contribution < 1.29 is 18.1 Å². The van der Waals surface area contributed by atoms with Gasteiger partial charge in [-0.3, -0.25) is 9.48 Å². The van der Waals surface area contributed by atoms with Crippen molar-refractivity contribution >= 4 is 11.6 Å². The first-order valence-electron chi connectivity index (χ1n) is 15.9. The minimum atomic E-state index is -2.63. The molecule has 9 rings (SSSR count). The van der Waals surface area contributed by atoms with E-state index in [2.05, 4.69) is 27.9 Å². The number of benzene rings is 1. The Labute approximate surface area is 245 Å². The molecule has 2 bridgehead atoms. The summed E-state index contributed by atoms with van der Waals surface area (Å²) in [6, 6.07) is 10.1. The number of hydrogen-bond donors (Lipinski definition) is 0. The molecule has 6 aliphatic rings. The molecule has 6 aliphatic carbocycles. The second kappa shape index (κ2) is 9.45. The molecule has 6 saturated carbocycles. The van der Waals surface area contributed by atoms with E-state index >= 15 is 0 Å². The Morgan fingerprint density at radius 3 is 2.40 bits per heavy atom. The number of rotatable bonds is 9. The summed E-state index contributed by atoms with van der Waals surface area (Å²) in [5.41, 5.74) is 4.36. The molecule has 0 spiro atoms. The van der Waals surface area contributed by atoms with Gasteiger partial charge in [0.1, 0.15) is 0 Å². The Kier molecular flexibility index (Phi) is 5.97. The Hall–Kier alpha value is -3.10. The standard InChI is InChI=1S/C33H39F2N5O2/c1-39-26(22-5-6-22)17-27(37-39)32-12-9-31(10-13-32,11-14-32)20-40(28(41)15-21-18-33(34,35)19-21)25-4-2-3-24(16-25)30-36-29(38-42-30)23-7-8-23/h2-4,16-17,21-23H,5-15,18-20H2,1H3. The summed E-state index contributed by atoms with van der Waals surface area (Å²) in [7, 11) is 2.08. The van der Waals surface area contributed by atoms with E-state index in [4.69, 9.17) is 9.62 Å². The molecule has 222 valence electrons. The van der Waals surface area contributed by atoms with E-state index in [9.17, 15) is 13.6 Å². The Morgan fingerprint density at radius 1 is 1.02 bits per heavy atom. The van der Waals surface area contributed by atoms with Gasteiger partial charge in [-0.15, -0.1) is 0 Å². The van der Waals surface area contributed by atoms with Gasteiger partial charge in [0.15, 0.2) is 5.82 Å². The van der Waals surface area contributed by atoms with Crippen LogP contribution in [0.15, 0.2) is 34.9 Å². The highest BCUT2D eigenvalue weighted by Gasteiger charge is 2.52. The molecule has 7 nitrogen and oxygen atoms in total. The molecule has 9 heteroatoms. The van der Waals surface area contributed by atoms with Crippen LogP contribution in [0.5, 0.6) is 0 Å². The topological polar surface area (TPSA) is 77.1 Å². The minimum Gasteiger partial charge on any atom is -0.334 e. The zero-order chi connectivity index (χ0) is 28.7. The van der Waals surface area contributed by atoms with Crippen molar-refractivity contribution in [2.75, 3.05) is 11.4 Å². The number of amides is 1. The van der Waals surface area contributed by atoms with Crippen LogP contribution in [0.25, 0.3) is 11.5 Å². The summed E-state index contributed by atoms with van der Waals surface area (Å²) in [5.74, 6) is -0.679. The molecule has 0 aliphatic heterocycles. The number of nitrogens with zero attached hydrogens (tertiary/aromatic N) is 5. The van der Waals surface area contributed by atoms with Crippen molar-refractivity contribution in [3.05, 3.63) is 47.5 Å². The van der Waals surface area contributed by atoms with E-state index in [-0.39, 0.29) is 41.9 Å². The number of halogens is 2. The number of anilines is 1. The highest BCUT2D eigenvalue weighted by Crippen LogP contribution is 2.58. The molecule has 1 aromatic carbocycles. The lowest BCUT2D eigenvalue weighted by molar-refractivity contribution is -0.132. The van der Waals surface area contributed by atoms with Crippen LogP contribution in [0.2, 0.25) is 0 Å². The van der Waals surface area contributed by atoms with Gasteiger partial charge in [0.05, 0.1) is 5.69 Å². The lowest BCUT2D eigenvalue weighted by atomic mass is 9.52. The zero-order valence-electron chi connectivity index (χ0n) is 24.3. The van der Waals surface area contributed by atoms with Gasteiger partial charge in [-0.05, 0) is 99.8 Å². The predicted octanol–water partition coefficient (Wildman–Crippen LogP) is 7.29. The van der Waals surface area contributed by atoms with Gasteiger partial charge in [0.25, 0.3) is 5.89 Å². The molecule has 0 atom stereocenters. The largest absolute Gasteiger partial charge is 0.334 e. The van der Waals surface area contributed by atoms with Crippen molar-refractivity contribution in [3.63, 3.8) is 0 Å². The fraction of sp³-hybridized carbons (Fsp3) is 0.636. The van der Waals surface area contributed by atoms with Crippen molar-refractivity contribution in [1.82, 2.24) is 19.9 Å². The average molecular weight is 576 g/mol. The summed E-state index contributed by atoms with van der Waals surface area (Å²) >= 11 is 0. The van der Waals surface area contributed by atoms with Gasteiger partial charge >= 0.3 is 0 Å². The molecule has 1 amide bonds. The highest BCUT2D eigenvalue weighted by atomic mass is 19.3. The van der Waals surface area contributed by atoms with Crippen LogP contribution in [-0.2, 0) is 17.3 Å². The maximum atomic E-state index is 13.9. The van der Waals surface area contributed by atoms with Crippen LogP contribution in [0, 0.1) is 11.3 Å². The monoisotopic (exact) mass is 575 g/mol. The summed E-state index contributed by atoms with van der Waals surface area (Å²) in [5, 5.41) is 9.17. The van der Waals surface area contributed by atoms with Crippen LogP contribution < -0.4 is 4.90 Å². The van der Waals surface area contributed by atoms with Crippen LogP contribution in [-0.4, -0.2) is 38.3 Å². The van der Waals surface area contributed by atoms with Crippen LogP contribution >= 0.6 is 0 Å². The number of carbonyl (C=O) groups excluding carboxylic acids is 1. The third kappa shape index (κ3) is 4.77. The summed E-state index contributed by atoms with van der Waals surface area (Å²) in [6.45, 7) is 0.612. The zero-order valence-corrected chi connectivity index (χ0v) is 24.3. The van der Waals surface area contributed by atoms with Gasteiger partial charge in [-0.25, -0.2) is 8.78 Å². The molecule has 0 unspecified atom stereocenters. The third-order valence-corrected chi connectivity index (χ3v) is 11.1. The van der Waals surface area contributed by atoms with E-state index in [1.54, 1.807) is 0 Å². The van der Waals surface area contributed by atoms with Crippen LogP contribution in [0.4, 0.5) is 14.5 Å². The van der Waals surface area contributed by atoms with Crippen molar-refractivity contribution in [1.29, 1.82) is 0 Å². The smallest absolute Gasteiger partial charge is 0.258 e. The molecule has 2 aromatic heterocycles. The van der Waals surface area contributed by atoms with Gasteiger partial charge in [-0.2, -0.15) is 10.1 Å². The molecular formula is C33H39F2N5O2. The van der Waals surface area contributed by atoms with Gasteiger partial charge in [0, 0.05) is 67.1 Å². The molecule has 42 heavy (non-hydrogen) atoms. The van der Waals surface area contributed by atoms with Gasteiger partial charge < -0.3 is 9.42 Å². The van der Waals surface area contributed by atoms with E-state index in [1.807, 2.05) is 29.2 Å². The molecule has 0 N–H and O–H groups in total. The van der Waals surface area contributed by atoms with Crippen LogP contribution in [0.3, 0.4) is 0 Å². The van der Waals surface area contributed by atoms with Crippen LogP contribution in [0.1, 0.15) is 113 Å². The Bertz CT molecular complexity index is 1490. The van der Waals surface area contributed by atoms with Crippen molar-refractivity contribution in [2.24, 2.45) is 18.4 Å².